The van der Waals surface area contributed by atoms with Crippen LogP contribution in [0.2, 0.25) is 10.0 Å². The maximum atomic E-state index is 6.07. The second kappa shape index (κ2) is 6.87. The van der Waals surface area contributed by atoms with E-state index in [0.29, 0.717) is 13.2 Å². The van der Waals surface area contributed by atoms with Crippen LogP contribution in [-0.4, -0.2) is 13.2 Å². The van der Waals surface area contributed by atoms with Gasteiger partial charge in [-0.25, -0.2) is 0 Å². The second-order valence-electron chi connectivity index (χ2n) is 4.65. The molecular weight excluding hydrogens is 293 g/mol. The minimum Gasteiger partial charge on any atom is -0.492 e. The van der Waals surface area contributed by atoms with Crippen LogP contribution in [0, 0.1) is 13.8 Å². The van der Waals surface area contributed by atoms with Gasteiger partial charge in [0.15, 0.2) is 0 Å². The molecule has 0 bridgehead atoms. The second-order valence-corrected chi connectivity index (χ2v) is 5.46. The van der Waals surface area contributed by atoms with Crippen molar-refractivity contribution in [1.29, 1.82) is 0 Å². The number of hydrogen-bond acceptors (Lipinski definition) is 2. The Bertz CT molecular complexity index is 546. The Hall–Kier alpha value is -1.38. The molecule has 0 radical (unpaired) electrons. The van der Waals surface area contributed by atoms with Crippen LogP contribution in [0.25, 0.3) is 0 Å². The van der Waals surface area contributed by atoms with E-state index in [2.05, 4.69) is 5.32 Å². The van der Waals surface area contributed by atoms with Crippen molar-refractivity contribution in [2.75, 3.05) is 18.5 Å². The minimum absolute atomic E-state index is 0.576. The fourth-order valence-electron chi connectivity index (χ4n) is 1.77. The van der Waals surface area contributed by atoms with Crippen LogP contribution >= 0.6 is 23.2 Å². The fourth-order valence-corrected chi connectivity index (χ4v) is 2.07. The third kappa shape index (κ3) is 4.06. The van der Waals surface area contributed by atoms with Crippen molar-refractivity contribution in [3.63, 3.8) is 0 Å². The first-order valence-electron chi connectivity index (χ1n) is 6.45. The molecule has 0 aliphatic rings. The van der Waals surface area contributed by atoms with Crippen molar-refractivity contribution in [3.05, 3.63) is 57.6 Å². The van der Waals surface area contributed by atoms with Crippen LogP contribution in [0.15, 0.2) is 36.4 Å². The zero-order valence-corrected chi connectivity index (χ0v) is 13.1. The maximum absolute atomic E-state index is 6.07. The Balaban J connectivity index is 1.81. The van der Waals surface area contributed by atoms with E-state index in [-0.39, 0.29) is 0 Å². The molecule has 0 saturated carbocycles. The molecule has 20 heavy (non-hydrogen) atoms. The number of halogens is 2. The molecule has 0 spiro atoms. The van der Waals surface area contributed by atoms with Gasteiger partial charge in [0.05, 0.1) is 0 Å². The average Bonchev–Trinajstić information content (AvgIpc) is 2.42. The lowest BCUT2D eigenvalue weighted by Crippen LogP contribution is -2.11. The maximum Gasteiger partial charge on any atom is 0.119 e. The van der Waals surface area contributed by atoms with Crippen molar-refractivity contribution in [3.8, 4) is 5.75 Å². The molecule has 1 N–H and O–H groups in total. The topological polar surface area (TPSA) is 21.3 Å². The summed E-state index contributed by atoms with van der Waals surface area (Å²) in [6.07, 6.45) is 0. The number of anilines is 1. The van der Waals surface area contributed by atoms with Gasteiger partial charge in [-0.15, -0.1) is 0 Å². The van der Waals surface area contributed by atoms with E-state index >= 15 is 0 Å². The Morgan fingerprint density at radius 2 is 1.75 bits per heavy atom. The molecule has 0 atom stereocenters. The first-order valence-corrected chi connectivity index (χ1v) is 7.21. The van der Waals surface area contributed by atoms with Crippen molar-refractivity contribution >= 4 is 28.9 Å². The van der Waals surface area contributed by atoms with Crippen molar-refractivity contribution in [2.24, 2.45) is 0 Å². The zero-order chi connectivity index (χ0) is 14.5. The van der Waals surface area contributed by atoms with Gasteiger partial charge in [0, 0.05) is 22.3 Å². The van der Waals surface area contributed by atoms with E-state index in [4.69, 9.17) is 27.9 Å². The highest BCUT2D eigenvalue weighted by atomic mass is 35.5. The highest BCUT2D eigenvalue weighted by Crippen LogP contribution is 2.21. The highest BCUT2D eigenvalue weighted by molar-refractivity contribution is 6.31. The van der Waals surface area contributed by atoms with Crippen LogP contribution in [-0.2, 0) is 0 Å². The van der Waals surface area contributed by atoms with Gasteiger partial charge < -0.3 is 10.1 Å². The number of ether oxygens (including phenoxy) is 1. The van der Waals surface area contributed by atoms with Crippen LogP contribution < -0.4 is 10.1 Å². The summed E-state index contributed by atoms with van der Waals surface area (Å²) in [5.41, 5.74) is 3.09. The van der Waals surface area contributed by atoms with Gasteiger partial charge in [0.25, 0.3) is 0 Å². The summed E-state index contributed by atoms with van der Waals surface area (Å²) >= 11 is 12.0. The Labute approximate surface area is 129 Å². The number of hydrogen-bond donors (Lipinski definition) is 1. The zero-order valence-electron chi connectivity index (χ0n) is 11.5. The molecule has 0 heterocycles. The molecule has 0 saturated heterocycles. The number of nitrogens with one attached hydrogen (secondary N) is 1. The molecule has 0 aliphatic carbocycles. The van der Waals surface area contributed by atoms with Crippen LogP contribution in [0.3, 0.4) is 0 Å². The lowest BCUT2D eigenvalue weighted by Gasteiger charge is -2.10. The molecule has 0 unspecified atom stereocenters. The van der Waals surface area contributed by atoms with Crippen molar-refractivity contribution in [2.45, 2.75) is 13.8 Å². The Kier molecular flexibility index (Phi) is 5.16. The molecule has 2 aromatic rings. The molecule has 0 fully saturated rings. The molecule has 0 amide bonds. The largest absolute Gasteiger partial charge is 0.492 e. The quantitative estimate of drug-likeness (QED) is 0.776. The van der Waals surface area contributed by atoms with Gasteiger partial charge in [-0.05, 0) is 55.3 Å². The van der Waals surface area contributed by atoms with Gasteiger partial charge in [0.2, 0.25) is 0 Å². The molecule has 2 aromatic carbocycles. The van der Waals surface area contributed by atoms with Gasteiger partial charge >= 0.3 is 0 Å². The first kappa shape index (κ1) is 15.0. The highest BCUT2D eigenvalue weighted by Gasteiger charge is 2.00. The monoisotopic (exact) mass is 309 g/mol. The summed E-state index contributed by atoms with van der Waals surface area (Å²) in [6, 6.07) is 11.6. The van der Waals surface area contributed by atoms with Crippen LogP contribution in [0.4, 0.5) is 5.69 Å². The summed E-state index contributed by atoms with van der Waals surface area (Å²) in [4.78, 5) is 0. The summed E-state index contributed by atoms with van der Waals surface area (Å²) in [6.45, 7) is 5.23. The normalized spacial score (nSPS) is 10.4. The summed E-state index contributed by atoms with van der Waals surface area (Å²) in [5, 5.41) is 4.80. The number of rotatable bonds is 5. The van der Waals surface area contributed by atoms with Gasteiger partial charge in [-0.2, -0.15) is 0 Å². The minimum atomic E-state index is 0.576. The van der Waals surface area contributed by atoms with Gasteiger partial charge in [0.1, 0.15) is 12.4 Å². The molecule has 0 aliphatic heterocycles. The lowest BCUT2D eigenvalue weighted by molar-refractivity contribution is 0.332. The molecule has 106 valence electrons. The Morgan fingerprint density at radius 1 is 0.950 bits per heavy atom. The average molecular weight is 310 g/mol. The van der Waals surface area contributed by atoms with Gasteiger partial charge in [-0.3, -0.25) is 0 Å². The lowest BCUT2D eigenvalue weighted by atomic mass is 10.2. The standard InChI is InChI=1S/C16H17Cl2NO/c1-11-3-4-13(10-16(11)18)19-7-8-20-14-5-6-15(17)12(2)9-14/h3-6,9-10,19H,7-8H2,1-2H3. The van der Waals surface area contributed by atoms with Crippen molar-refractivity contribution < 1.29 is 4.74 Å². The fraction of sp³-hybridized carbons (Fsp3) is 0.250. The van der Waals surface area contributed by atoms with Crippen LogP contribution in [0.5, 0.6) is 5.75 Å². The predicted octanol–water partition coefficient (Wildman–Crippen LogP) is 5.10. The SMILES string of the molecule is Cc1cc(OCCNc2ccc(C)c(Cl)c2)ccc1Cl. The molecule has 2 nitrogen and oxygen atoms in total. The third-order valence-electron chi connectivity index (χ3n) is 3.00. The van der Waals surface area contributed by atoms with E-state index in [1.165, 1.54) is 0 Å². The van der Waals surface area contributed by atoms with E-state index in [1.807, 2.05) is 50.2 Å². The predicted molar refractivity (Wildman–Crippen MR) is 86.4 cm³/mol. The summed E-state index contributed by atoms with van der Waals surface area (Å²) in [5.74, 6) is 0.829. The smallest absolute Gasteiger partial charge is 0.119 e. The Morgan fingerprint density at radius 3 is 2.45 bits per heavy atom. The first-order chi connectivity index (χ1) is 9.56. The van der Waals surface area contributed by atoms with Crippen molar-refractivity contribution in [1.82, 2.24) is 0 Å². The van der Waals surface area contributed by atoms with Crippen LogP contribution in [0.1, 0.15) is 11.1 Å². The van der Waals surface area contributed by atoms with E-state index in [9.17, 15) is 0 Å². The van der Waals surface area contributed by atoms with E-state index in [0.717, 1.165) is 32.6 Å². The number of benzene rings is 2. The van der Waals surface area contributed by atoms with E-state index < -0.39 is 0 Å². The van der Waals surface area contributed by atoms with E-state index in [1.54, 1.807) is 0 Å². The summed E-state index contributed by atoms with van der Waals surface area (Å²) in [7, 11) is 0. The third-order valence-corrected chi connectivity index (χ3v) is 3.83. The molecule has 4 heteroatoms. The van der Waals surface area contributed by atoms with Gasteiger partial charge in [-0.1, -0.05) is 29.3 Å². The molecule has 0 aromatic heterocycles. The summed E-state index contributed by atoms with van der Waals surface area (Å²) < 4.78 is 5.66. The molecular formula is C16H17Cl2NO. The molecule has 2 rings (SSSR count). The number of aryl methyl sites for hydroxylation is 2.